The highest BCUT2D eigenvalue weighted by molar-refractivity contribution is 9.13. The molecular weight excluding hydrogens is 276 g/mol. The van der Waals surface area contributed by atoms with Crippen LogP contribution in [0.15, 0.2) is 26.0 Å². The number of rotatable bonds is 0. The summed E-state index contributed by atoms with van der Waals surface area (Å²) < 4.78 is 2.16. The highest BCUT2D eigenvalue weighted by Crippen LogP contribution is 2.29. The van der Waals surface area contributed by atoms with Gasteiger partial charge in [0.1, 0.15) is 0 Å². The molecule has 0 nitrogen and oxygen atoms in total. The Morgan fingerprint density at radius 2 is 1.90 bits per heavy atom. The zero-order valence-corrected chi connectivity index (χ0v) is 9.42. The Morgan fingerprint density at radius 3 is 2.40 bits per heavy atom. The van der Waals surface area contributed by atoms with E-state index in [1.165, 1.54) is 0 Å². The van der Waals surface area contributed by atoms with Crippen molar-refractivity contribution in [3.05, 3.63) is 26.6 Å². The molecule has 0 saturated heterocycles. The van der Waals surface area contributed by atoms with Crippen molar-refractivity contribution in [1.29, 1.82) is 0 Å². The molecule has 10 heavy (non-hydrogen) atoms. The van der Waals surface area contributed by atoms with Crippen LogP contribution in [-0.2, 0) is 0 Å². The summed E-state index contributed by atoms with van der Waals surface area (Å²) >= 11 is 11.1. The Balaban J connectivity index is 3.34. The van der Waals surface area contributed by atoms with E-state index in [-0.39, 0.29) is 0 Å². The fourth-order valence-corrected chi connectivity index (χ4v) is 1.76. The van der Waals surface area contributed by atoms with Gasteiger partial charge in [0.25, 0.3) is 0 Å². The molecule has 3 heteroatoms. The number of halogens is 2. The van der Waals surface area contributed by atoms with Crippen LogP contribution < -0.4 is 0 Å². The van der Waals surface area contributed by atoms with E-state index in [1.807, 2.05) is 19.1 Å². The lowest BCUT2D eigenvalue weighted by molar-refractivity contribution is 1.27. The number of hydrogen-bond acceptors (Lipinski definition) is 1. The van der Waals surface area contributed by atoms with E-state index < -0.39 is 0 Å². The zero-order valence-electron chi connectivity index (χ0n) is 5.36. The number of hydrogen-bond donors (Lipinski definition) is 1. The highest BCUT2D eigenvalue weighted by Gasteiger charge is 2.01. The molecule has 0 bridgehead atoms. The lowest BCUT2D eigenvalue weighted by atomic mass is 10.2. The van der Waals surface area contributed by atoms with Crippen LogP contribution >= 0.6 is 44.5 Å². The first kappa shape index (κ1) is 8.62. The molecule has 0 N–H and O–H groups in total. The average Bonchev–Trinajstić information content (AvgIpc) is 1.93. The Hall–Kier alpha value is 0.530. The summed E-state index contributed by atoms with van der Waals surface area (Å²) in [5, 5.41) is 0. The van der Waals surface area contributed by atoms with Gasteiger partial charge in [0.2, 0.25) is 0 Å². The van der Waals surface area contributed by atoms with Gasteiger partial charge in [-0.3, -0.25) is 0 Å². The monoisotopic (exact) mass is 280 g/mol. The molecule has 0 heterocycles. The molecule has 0 aliphatic rings. The van der Waals surface area contributed by atoms with Gasteiger partial charge in [-0.15, -0.1) is 12.6 Å². The first-order chi connectivity index (χ1) is 4.63. The Labute approximate surface area is 82.7 Å². The molecule has 0 saturated carbocycles. The van der Waals surface area contributed by atoms with Crippen LogP contribution in [0, 0.1) is 6.92 Å². The van der Waals surface area contributed by atoms with E-state index in [4.69, 9.17) is 0 Å². The van der Waals surface area contributed by atoms with Crippen molar-refractivity contribution in [3.63, 3.8) is 0 Å². The largest absolute Gasteiger partial charge is 0.143 e. The van der Waals surface area contributed by atoms with Gasteiger partial charge < -0.3 is 0 Å². The summed E-state index contributed by atoms with van der Waals surface area (Å²) in [5.41, 5.74) is 1.16. The highest BCUT2D eigenvalue weighted by atomic mass is 79.9. The summed E-state index contributed by atoms with van der Waals surface area (Å²) in [6, 6.07) is 3.94. The van der Waals surface area contributed by atoms with Gasteiger partial charge in [-0.1, -0.05) is 0 Å². The third-order valence-electron chi connectivity index (χ3n) is 1.31. The molecular formula is C7H6Br2S. The first-order valence-corrected chi connectivity index (χ1v) is 4.80. The fourth-order valence-electron chi connectivity index (χ4n) is 0.642. The maximum atomic E-state index is 4.26. The standard InChI is InChI=1S/C7H6Br2S/c1-4-6(10)3-2-5(8)7(4)9/h2-3,10H,1H3. The lowest BCUT2D eigenvalue weighted by Crippen LogP contribution is -1.78. The molecule has 0 radical (unpaired) electrons. The van der Waals surface area contributed by atoms with Gasteiger partial charge in [0, 0.05) is 13.8 Å². The Bertz CT molecular complexity index is 231. The summed E-state index contributed by atoms with van der Waals surface area (Å²) in [5.74, 6) is 0. The van der Waals surface area contributed by atoms with Crippen LogP contribution in [0.4, 0.5) is 0 Å². The quantitative estimate of drug-likeness (QED) is 0.687. The van der Waals surface area contributed by atoms with E-state index in [2.05, 4.69) is 44.5 Å². The van der Waals surface area contributed by atoms with E-state index in [0.717, 1.165) is 19.4 Å². The van der Waals surface area contributed by atoms with Crippen molar-refractivity contribution < 1.29 is 0 Å². The van der Waals surface area contributed by atoms with Crippen molar-refractivity contribution in [2.45, 2.75) is 11.8 Å². The van der Waals surface area contributed by atoms with Gasteiger partial charge in [-0.2, -0.15) is 0 Å². The minimum atomic E-state index is 1.01. The molecule has 1 aromatic rings. The zero-order chi connectivity index (χ0) is 7.72. The minimum absolute atomic E-state index is 1.01. The molecule has 1 aromatic carbocycles. The SMILES string of the molecule is Cc1c(S)ccc(Br)c1Br. The third-order valence-corrected chi connectivity index (χ3v) is 4.01. The van der Waals surface area contributed by atoms with E-state index >= 15 is 0 Å². The second-order valence-corrected chi connectivity index (χ2v) is 4.13. The number of benzene rings is 1. The van der Waals surface area contributed by atoms with Crippen LogP contribution in [0.5, 0.6) is 0 Å². The number of thiol groups is 1. The van der Waals surface area contributed by atoms with E-state index in [0.29, 0.717) is 0 Å². The molecule has 0 atom stereocenters. The predicted octanol–water partition coefficient (Wildman–Crippen LogP) is 3.81. The molecule has 0 aliphatic heterocycles. The summed E-state index contributed by atoms with van der Waals surface area (Å²) in [4.78, 5) is 1.01. The molecule has 0 amide bonds. The van der Waals surface area contributed by atoms with Crippen LogP contribution in [0.1, 0.15) is 5.56 Å². The maximum absolute atomic E-state index is 4.26. The van der Waals surface area contributed by atoms with Crippen LogP contribution in [-0.4, -0.2) is 0 Å². The van der Waals surface area contributed by atoms with Crippen LogP contribution in [0.2, 0.25) is 0 Å². The van der Waals surface area contributed by atoms with Crippen molar-refractivity contribution in [2.75, 3.05) is 0 Å². The minimum Gasteiger partial charge on any atom is -0.143 e. The summed E-state index contributed by atoms with van der Waals surface area (Å²) in [6.45, 7) is 2.02. The smallest absolute Gasteiger partial charge is 0.0357 e. The van der Waals surface area contributed by atoms with Gasteiger partial charge in [0.05, 0.1) is 0 Å². The summed E-state index contributed by atoms with van der Waals surface area (Å²) in [6.07, 6.45) is 0. The molecule has 54 valence electrons. The normalized spacial score (nSPS) is 10.0. The summed E-state index contributed by atoms with van der Waals surface area (Å²) in [7, 11) is 0. The fraction of sp³-hybridized carbons (Fsp3) is 0.143. The third kappa shape index (κ3) is 1.57. The van der Waals surface area contributed by atoms with E-state index in [9.17, 15) is 0 Å². The average molecular weight is 282 g/mol. The van der Waals surface area contributed by atoms with Gasteiger partial charge in [0.15, 0.2) is 0 Å². The van der Waals surface area contributed by atoms with Gasteiger partial charge in [-0.05, 0) is 56.5 Å². The van der Waals surface area contributed by atoms with E-state index in [1.54, 1.807) is 0 Å². The van der Waals surface area contributed by atoms with Crippen LogP contribution in [0.3, 0.4) is 0 Å². The maximum Gasteiger partial charge on any atom is 0.0357 e. The van der Waals surface area contributed by atoms with Crippen LogP contribution in [0.25, 0.3) is 0 Å². The second kappa shape index (κ2) is 3.28. The lowest BCUT2D eigenvalue weighted by Gasteiger charge is -2.02. The van der Waals surface area contributed by atoms with Crippen molar-refractivity contribution >= 4 is 44.5 Å². The Kier molecular flexibility index (Phi) is 2.83. The predicted molar refractivity (Wildman–Crippen MR) is 53.8 cm³/mol. The molecule has 0 spiro atoms. The molecule has 1 rings (SSSR count). The van der Waals surface area contributed by atoms with Crippen molar-refractivity contribution in [3.8, 4) is 0 Å². The second-order valence-electron chi connectivity index (χ2n) is 2.01. The topological polar surface area (TPSA) is 0 Å². The van der Waals surface area contributed by atoms with Gasteiger partial charge >= 0.3 is 0 Å². The van der Waals surface area contributed by atoms with Gasteiger partial charge in [-0.25, -0.2) is 0 Å². The molecule has 0 unspecified atom stereocenters. The van der Waals surface area contributed by atoms with Crippen molar-refractivity contribution in [1.82, 2.24) is 0 Å². The van der Waals surface area contributed by atoms with Crippen molar-refractivity contribution in [2.24, 2.45) is 0 Å². The molecule has 0 aliphatic carbocycles. The molecule has 0 fully saturated rings. The molecule has 0 aromatic heterocycles. The first-order valence-electron chi connectivity index (χ1n) is 2.76. The Morgan fingerprint density at radius 1 is 1.30 bits per heavy atom.